The summed E-state index contributed by atoms with van der Waals surface area (Å²) in [5.74, 6) is 1.12. The Morgan fingerprint density at radius 2 is 1.13 bits per heavy atom. The lowest BCUT2D eigenvalue weighted by Crippen LogP contribution is -1.92. The molecule has 6 heteroatoms. The summed E-state index contributed by atoms with van der Waals surface area (Å²) < 4.78 is 11.7. The molecule has 0 aliphatic heterocycles. The molecule has 30 heavy (non-hydrogen) atoms. The predicted molar refractivity (Wildman–Crippen MR) is 112 cm³/mol. The van der Waals surface area contributed by atoms with Crippen LogP contribution >= 0.6 is 0 Å². The average molecular weight is 402 g/mol. The van der Waals surface area contributed by atoms with Crippen molar-refractivity contribution in [3.8, 4) is 57.1 Å². The zero-order valence-corrected chi connectivity index (χ0v) is 15.7. The molecule has 6 nitrogen and oxygen atoms in total. The largest absolute Gasteiger partial charge is 0.508 e. The standard InChI is InChI=1S/C24H18O6/c25-16-4-8-19(9-5-16)29-22-13-12-21(15-2-1-3-18(27)14-15)24(23(22)28)30-20-10-6-17(26)7-11-20/h1-14,25-28H. The van der Waals surface area contributed by atoms with E-state index in [9.17, 15) is 20.4 Å². The average Bonchev–Trinajstić information content (AvgIpc) is 2.74. The molecule has 4 rings (SSSR count). The van der Waals surface area contributed by atoms with Gasteiger partial charge in [0.1, 0.15) is 28.7 Å². The first-order chi connectivity index (χ1) is 14.5. The Morgan fingerprint density at radius 3 is 1.73 bits per heavy atom. The molecule has 0 spiro atoms. The first-order valence-electron chi connectivity index (χ1n) is 9.09. The Hall–Kier alpha value is -4.32. The summed E-state index contributed by atoms with van der Waals surface area (Å²) in [4.78, 5) is 0. The number of hydrogen-bond donors (Lipinski definition) is 4. The van der Waals surface area contributed by atoms with Crippen LogP contribution in [0.3, 0.4) is 0 Å². The van der Waals surface area contributed by atoms with Crippen LogP contribution < -0.4 is 9.47 Å². The van der Waals surface area contributed by atoms with Crippen molar-refractivity contribution in [3.63, 3.8) is 0 Å². The quantitative estimate of drug-likeness (QED) is 0.339. The Labute approximate surface area is 172 Å². The zero-order chi connectivity index (χ0) is 21.1. The first-order valence-corrected chi connectivity index (χ1v) is 9.09. The summed E-state index contributed by atoms with van der Waals surface area (Å²) >= 11 is 0. The lowest BCUT2D eigenvalue weighted by molar-refractivity contribution is 0.378. The molecule has 0 saturated heterocycles. The van der Waals surface area contributed by atoms with E-state index in [1.165, 1.54) is 24.3 Å². The molecule has 0 saturated carbocycles. The van der Waals surface area contributed by atoms with E-state index in [1.54, 1.807) is 60.7 Å². The highest BCUT2D eigenvalue weighted by atomic mass is 16.5. The summed E-state index contributed by atoms with van der Waals surface area (Å²) in [6, 6.07) is 22.0. The van der Waals surface area contributed by atoms with E-state index in [0.717, 1.165) is 0 Å². The van der Waals surface area contributed by atoms with Crippen LogP contribution in [0, 0.1) is 0 Å². The number of phenols is 4. The molecule has 0 aliphatic rings. The second-order valence-electron chi connectivity index (χ2n) is 6.53. The van der Waals surface area contributed by atoms with Crippen molar-refractivity contribution in [2.45, 2.75) is 0 Å². The smallest absolute Gasteiger partial charge is 0.202 e. The van der Waals surface area contributed by atoms with Crippen LogP contribution in [0.1, 0.15) is 0 Å². The summed E-state index contributed by atoms with van der Waals surface area (Å²) in [5, 5.41) is 39.7. The maximum atomic E-state index is 10.9. The van der Waals surface area contributed by atoms with E-state index in [1.807, 2.05) is 0 Å². The van der Waals surface area contributed by atoms with Crippen molar-refractivity contribution in [2.24, 2.45) is 0 Å². The van der Waals surface area contributed by atoms with Gasteiger partial charge in [0.15, 0.2) is 11.5 Å². The molecule has 0 bridgehead atoms. The zero-order valence-electron chi connectivity index (χ0n) is 15.7. The molecular weight excluding hydrogens is 384 g/mol. The monoisotopic (exact) mass is 402 g/mol. The summed E-state index contributed by atoms with van der Waals surface area (Å²) in [6.07, 6.45) is 0. The molecule has 4 N–H and O–H groups in total. The SMILES string of the molecule is Oc1ccc(Oc2ccc(-c3cccc(O)c3)c(Oc3ccc(O)cc3)c2O)cc1. The minimum Gasteiger partial charge on any atom is -0.508 e. The van der Waals surface area contributed by atoms with Gasteiger partial charge in [-0.05, 0) is 78.4 Å². The number of ether oxygens (including phenoxy) is 2. The van der Waals surface area contributed by atoms with Crippen molar-refractivity contribution in [3.05, 3.63) is 84.9 Å². The molecule has 0 amide bonds. The minimum absolute atomic E-state index is 0.0759. The number of benzene rings is 4. The molecule has 0 atom stereocenters. The number of aromatic hydroxyl groups is 4. The topological polar surface area (TPSA) is 99.4 Å². The van der Waals surface area contributed by atoms with Crippen LogP contribution in [0.2, 0.25) is 0 Å². The fraction of sp³-hybridized carbons (Fsp3) is 0. The summed E-state index contributed by atoms with van der Waals surface area (Å²) in [7, 11) is 0. The fourth-order valence-corrected chi connectivity index (χ4v) is 2.91. The van der Waals surface area contributed by atoms with Crippen LogP contribution in [0.25, 0.3) is 11.1 Å². The van der Waals surface area contributed by atoms with Crippen LogP contribution in [0.5, 0.6) is 46.0 Å². The maximum Gasteiger partial charge on any atom is 0.202 e. The normalized spacial score (nSPS) is 10.5. The van der Waals surface area contributed by atoms with Gasteiger partial charge in [0.25, 0.3) is 0 Å². The third-order valence-corrected chi connectivity index (χ3v) is 4.37. The molecule has 0 aromatic heterocycles. The van der Waals surface area contributed by atoms with Crippen LogP contribution in [-0.2, 0) is 0 Å². The van der Waals surface area contributed by atoms with Crippen molar-refractivity contribution in [1.29, 1.82) is 0 Å². The second kappa shape index (κ2) is 7.97. The van der Waals surface area contributed by atoms with Gasteiger partial charge in [-0.25, -0.2) is 0 Å². The first kappa shape index (κ1) is 19.0. The molecule has 0 fully saturated rings. The van der Waals surface area contributed by atoms with Crippen LogP contribution in [0.4, 0.5) is 0 Å². The minimum atomic E-state index is -0.239. The number of hydrogen-bond acceptors (Lipinski definition) is 6. The molecule has 4 aromatic rings. The Kier molecular flexibility index (Phi) is 5.05. The van der Waals surface area contributed by atoms with Gasteiger partial charge in [-0.15, -0.1) is 0 Å². The third-order valence-electron chi connectivity index (χ3n) is 4.37. The predicted octanol–water partition coefficient (Wildman–Crippen LogP) is 5.76. The van der Waals surface area contributed by atoms with E-state index >= 15 is 0 Å². The van der Waals surface area contributed by atoms with Gasteiger partial charge in [-0.3, -0.25) is 0 Å². The molecular formula is C24H18O6. The molecule has 0 aliphatic carbocycles. The highest BCUT2D eigenvalue weighted by molar-refractivity contribution is 5.77. The lowest BCUT2D eigenvalue weighted by Gasteiger charge is -2.16. The lowest BCUT2D eigenvalue weighted by atomic mass is 10.0. The van der Waals surface area contributed by atoms with E-state index in [0.29, 0.717) is 22.6 Å². The fourth-order valence-electron chi connectivity index (χ4n) is 2.91. The maximum absolute atomic E-state index is 10.9. The Balaban J connectivity index is 1.78. The van der Waals surface area contributed by atoms with Gasteiger partial charge in [-0.2, -0.15) is 0 Å². The molecule has 0 radical (unpaired) electrons. The van der Waals surface area contributed by atoms with Gasteiger partial charge < -0.3 is 29.9 Å². The Bertz CT molecular complexity index is 1170. The van der Waals surface area contributed by atoms with E-state index in [-0.39, 0.29) is 34.5 Å². The van der Waals surface area contributed by atoms with Gasteiger partial charge in [0, 0.05) is 5.56 Å². The van der Waals surface area contributed by atoms with Crippen molar-refractivity contribution in [1.82, 2.24) is 0 Å². The van der Waals surface area contributed by atoms with Crippen molar-refractivity contribution in [2.75, 3.05) is 0 Å². The Morgan fingerprint density at radius 1 is 0.533 bits per heavy atom. The molecule has 150 valence electrons. The van der Waals surface area contributed by atoms with Gasteiger partial charge >= 0.3 is 0 Å². The third kappa shape index (κ3) is 4.07. The highest BCUT2D eigenvalue weighted by Crippen LogP contribution is 2.47. The van der Waals surface area contributed by atoms with Gasteiger partial charge in [0.2, 0.25) is 5.75 Å². The summed E-state index contributed by atoms with van der Waals surface area (Å²) in [6.45, 7) is 0. The summed E-state index contributed by atoms with van der Waals surface area (Å²) in [5.41, 5.74) is 1.17. The second-order valence-corrected chi connectivity index (χ2v) is 6.53. The molecule has 0 heterocycles. The van der Waals surface area contributed by atoms with E-state index in [4.69, 9.17) is 9.47 Å². The van der Waals surface area contributed by atoms with E-state index in [2.05, 4.69) is 0 Å². The van der Waals surface area contributed by atoms with Gasteiger partial charge in [-0.1, -0.05) is 12.1 Å². The van der Waals surface area contributed by atoms with Crippen molar-refractivity contribution >= 4 is 0 Å². The van der Waals surface area contributed by atoms with E-state index < -0.39 is 0 Å². The van der Waals surface area contributed by atoms with Gasteiger partial charge in [0.05, 0.1) is 0 Å². The van der Waals surface area contributed by atoms with Crippen LogP contribution in [-0.4, -0.2) is 20.4 Å². The van der Waals surface area contributed by atoms with Crippen molar-refractivity contribution < 1.29 is 29.9 Å². The highest BCUT2D eigenvalue weighted by Gasteiger charge is 2.18. The number of rotatable bonds is 5. The van der Waals surface area contributed by atoms with Crippen LogP contribution in [0.15, 0.2) is 84.9 Å². The molecule has 4 aromatic carbocycles. The molecule has 0 unspecified atom stereocenters. The number of phenolic OH excluding ortho intramolecular Hbond substituents is 4.